The van der Waals surface area contributed by atoms with E-state index < -0.39 is 40.9 Å². The highest BCUT2D eigenvalue weighted by Crippen LogP contribution is 2.39. The van der Waals surface area contributed by atoms with Crippen molar-refractivity contribution in [2.24, 2.45) is 5.92 Å². The van der Waals surface area contributed by atoms with E-state index in [1.807, 2.05) is 0 Å². The summed E-state index contributed by atoms with van der Waals surface area (Å²) >= 11 is 5.70. The summed E-state index contributed by atoms with van der Waals surface area (Å²) in [6.45, 7) is 1.54. The van der Waals surface area contributed by atoms with Crippen LogP contribution in [0.5, 0.6) is 5.75 Å². The number of anilines is 1. The van der Waals surface area contributed by atoms with Crippen molar-refractivity contribution in [1.82, 2.24) is 9.97 Å². The third kappa shape index (κ3) is 5.61. The Morgan fingerprint density at radius 1 is 1.48 bits per heavy atom. The van der Waals surface area contributed by atoms with Gasteiger partial charge in [0.15, 0.2) is 11.6 Å². The molecule has 1 heterocycles. The quantitative estimate of drug-likeness (QED) is 0.556. The van der Waals surface area contributed by atoms with Crippen LogP contribution in [0.25, 0.3) is 0 Å². The lowest BCUT2D eigenvalue weighted by Gasteiger charge is -2.35. The Bertz CT molecular complexity index is 705. The zero-order valence-corrected chi connectivity index (χ0v) is 15.4. The molecule has 0 aromatic carbocycles. The van der Waals surface area contributed by atoms with Crippen molar-refractivity contribution < 1.29 is 26.1 Å². The van der Waals surface area contributed by atoms with Gasteiger partial charge in [0.2, 0.25) is 5.28 Å². The average molecular weight is 400 g/mol. The molecule has 142 valence electrons. The lowest BCUT2D eigenvalue weighted by Crippen LogP contribution is -2.42. The third-order valence-electron chi connectivity index (χ3n) is 3.86. The largest absolute Gasteiger partial charge is 0.484 e. The van der Waals surface area contributed by atoms with E-state index in [2.05, 4.69) is 15.3 Å². The zero-order valence-electron chi connectivity index (χ0n) is 13.8. The van der Waals surface area contributed by atoms with Gasteiger partial charge in [0, 0.05) is 25.8 Å². The summed E-state index contributed by atoms with van der Waals surface area (Å²) in [7, 11) is -2.24. The van der Waals surface area contributed by atoms with E-state index >= 15 is 0 Å². The Kier molecular flexibility index (Phi) is 6.39. The van der Waals surface area contributed by atoms with Crippen LogP contribution in [0.2, 0.25) is 5.28 Å². The maximum absolute atomic E-state index is 13.8. The minimum Gasteiger partial charge on any atom is -0.484 e. The standard InChI is InChI=1S/C14H20ClF2N3O4S/c1-3-23-25(21,22)8-9-4-5-14(16,17)6-10(9)24-11-7-19-13(15)20-12(11)18-2/h7,9-10H,3-6,8H2,1-2H3,(H,18,19,20). The van der Waals surface area contributed by atoms with Crippen LogP contribution < -0.4 is 10.1 Å². The van der Waals surface area contributed by atoms with Crippen molar-refractivity contribution in [2.45, 2.75) is 38.2 Å². The summed E-state index contributed by atoms with van der Waals surface area (Å²) in [6, 6.07) is 0. The molecule has 1 aliphatic rings. The number of ether oxygens (including phenoxy) is 1. The van der Waals surface area contributed by atoms with Gasteiger partial charge in [-0.3, -0.25) is 4.18 Å². The molecule has 0 radical (unpaired) electrons. The highest BCUT2D eigenvalue weighted by atomic mass is 35.5. The topological polar surface area (TPSA) is 90.4 Å². The second-order valence-electron chi connectivity index (χ2n) is 5.75. The summed E-state index contributed by atoms with van der Waals surface area (Å²) in [4.78, 5) is 7.69. The fourth-order valence-corrected chi connectivity index (χ4v) is 4.24. The number of nitrogens with one attached hydrogen (secondary N) is 1. The molecule has 1 saturated carbocycles. The first-order chi connectivity index (χ1) is 11.7. The van der Waals surface area contributed by atoms with Gasteiger partial charge in [-0.2, -0.15) is 13.4 Å². The molecular weight excluding hydrogens is 380 g/mol. The van der Waals surface area contributed by atoms with Crippen molar-refractivity contribution in [3.63, 3.8) is 0 Å². The molecule has 0 bridgehead atoms. The number of nitrogens with zero attached hydrogens (tertiary/aromatic N) is 2. The van der Waals surface area contributed by atoms with Crippen LogP contribution in [-0.4, -0.2) is 49.8 Å². The fourth-order valence-electron chi connectivity index (χ4n) is 2.74. The molecule has 0 spiro atoms. The molecule has 0 amide bonds. The van der Waals surface area contributed by atoms with E-state index in [4.69, 9.17) is 20.5 Å². The Hall–Kier alpha value is -1.26. The second kappa shape index (κ2) is 7.96. The molecule has 2 unspecified atom stereocenters. The van der Waals surface area contributed by atoms with Gasteiger partial charge in [0.05, 0.1) is 18.6 Å². The van der Waals surface area contributed by atoms with Gasteiger partial charge >= 0.3 is 0 Å². The maximum atomic E-state index is 13.8. The molecule has 1 aromatic heterocycles. The molecule has 1 aromatic rings. The average Bonchev–Trinajstić information content (AvgIpc) is 2.51. The summed E-state index contributed by atoms with van der Waals surface area (Å²) in [6.07, 6.45) is -0.730. The molecule has 1 N–H and O–H groups in total. The van der Waals surface area contributed by atoms with Gasteiger partial charge < -0.3 is 10.1 Å². The van der Waals surface area contributed by atoms with E-state index in [1.165, 1.54) is 6.20 Å². The Labute approximate surface area is 150 Å². The van der Waals surface area contributed by atoms with Crippen molar-refractivity contribution in [1.29, 1.82) is 0 Å². The van der Waals surface area contributed by atoms with Crippen LogP contribution in [0.15, 0.2) is 6.20 Å². The fraction of sp³-hybridized carbons (Fsp3) is 0.714. The monoisotopic (exact) mass is 399 g/mol. The molecule has 2 atom stereocenters. The van der Waals surface area contributed by atoms with Crippen LogP contribution in [-0.2, 0) is 14.3 Å². The number of rotatable bonds is 7. The first-order valence-corrected chi connectivity index (χ1v) is 9.73. The Morgan fingerprint density at radius 3 is 2.84 bits per heavy atom. The van der Waals surface area contributed by atoms with Gasteiger partial charge in [-0.15, -0.1) is 0 Å². The first-order valence-electron chi connectivity index (χ1n) is 7.77. The molecule has 11 heteroatoms. The lowest BCUT2D eigenvalue weighted by atomic mass is 9.85. The van der Waals surface area contributed by atoms with Crippen molar-refractivity contribution >= 4 is 27.5 Å². The van der Waals surface area contributed by atoms with Crippen LogP contribution in [0.1, 0.15) is 26.2 Å². The first kappa shape index (κ1) is 20.1. The number of hydrogen-bond donors (Lipinski definition) is 1. The van der Waals surface area contributed by atoms with E-state index in [1.54, 1.807) is 14.0 Å². The predicted octanol–water partition coefficient (Wildman–Crippen LogP) is 2.72. The Morgan fingerprint density at radius 2 is 2.20 bits per heavy atom. The number of aromatic nitrogens is 2. The maximum Gasteiger partial charge on any atom is 0.267 e. The van der Waals surface area contributed by atoms with Crippen LogP contribution in [0.3, 0.4) is 0 Å². The molecule has 7 nitrogen and oxygen atoms in total. The molecule has 2 rings (SSSR count). The highest BCUT2D eigenvalue weighted by Gasteiger charge is 2.44. The summed E-state index contributed by atoms with van der Waals surface area (Å²) in [5.74, 6) is -3.57. The van der Waals surface area contributed by atoms with Crippen LogP contribution in [0.4, 0.5) is 14.6 Å². The molecule has 0 saturated heterocycles. The van der Waals surface area contributed by atoms with Crippen LogP contribution in [0, 0.1) is 5.92 Å². The number of alkyl halides is 2. The van der Waals surface area contributed by atoms with Gasteiger partial charge in [0.1, 0.15) is 6.10 Å². The smallest absolute Gasteiger partial charge is 0.267 e. The lowest BCUT2D eigenvalue weighted by molar-refractivity contribution is -0.0865. The van der Waals surface area contributed by atoms with E-state index in [0.29, 0.717) is 0 Å². The second-order valence-corrected chi connectivity index (χ2v) is 7.77. The van der Waals surface area contributed by atoms with Gasteiger partial charge in [-0.25, -0.2) is 13.8 Å². The van der Waals surface area contributed by atoms with Crippen molar-refractivity contribution in [3.8, 4) is 5.75 Å². The predicted molar refractivity (Wildman–Crippen MR) is 88.7 cm³/mol. The number of halogens is 3. The molecule has 1 aliphatic carbocycles. The van der Waals surface area contributed by atoms with Gasteiger partial charge in [-0.05, 0) is 24.9 Å². The summed E-state index contributed by atoms with van der Waals surface area (Å²) < 4.78 is 61.8. The minimum absolute atomic E-state index is 0.00725. The SMILES string of the molecule is CCOS(=O)(=O)CC1CCC(F)(F)CC1Oc1cnc(Cl)nc1NC. The minimum atomic E-state index is -3.81. The third-order valence-corrected chi connectivity index (χ3v) is 5.48. The summed E-state index contributed by atoms with van der Waals surface area (Å²) in [5, 5.41) is 2.71. The molecule has 25 heavy (non-hydrogen) atoms. The summed E-state index contributed by atoms with van der Waals surface area (Å²) in [5.41, 5.74) is 0. The van der Waals surface area contributed by atoms with Crippen molar-refractivity contribution in [3.05, 3.63) is 11.5 Å². The van der Waals surface area contributed by atoms with E-state index in [0.717, 1.165) is 0 Å². The molecule has 0 aliphatic heterocycles. The molecule has 1 fully saturated rings. The van der Waals surface area contributed by atoms with Crippen molar-refractivity contribution in [2.75, 3.05) is 24.7 Å². The number of hydrogen-bond acceptors (Lipinski definition) is 7. The van der Waals surface area contributed by atoms with E-state index in [-0.39, 0.29) is 35.6 Å². The van der Waals surface area contributed by atoms with Crippen LogP contribution >= 0.6 is 11.6 Å². The van der Waals surface area contributed by atoms with Gasteiger partial charge in [-0.1, -0.05) is 0 Å². The zero-order chi connectivity index (χ0) is 18.7. The van der Waals surface area contributed by atoms with E-state index in [9.17, 15) is 17.2 Å². The highest BCUT2D eigenvalue weighted by molar-refractivity contribution is 7.86. The van der Waals surface area contributed by atoms with Gasteiger partial charge in [0.25, 0.3) is 16.0 Å². The Balaban J connectivity index is 2.23. The molecular formula is C14H20ClF2N3O4S. The normalized spacial score (nSPS) is 23.2.